The molecule has 0 bridgehead atoms. The van der Waals surface area contributed by atoms with E-state index < -0.39 is 15.4 Å². The zero-order chi connectivity index (χ0) is 23.1. The van der Waals surface area contributed by atoms with E-state index in [2.05, 4.69) is 32.9 Å². The molecule has 1 atom stereocenters. The number of piperidine rings is 1. The molecular weight excluding hydrogens is 422 g/mol. The number of nitrogens with zero attached hydrogens (tertiary/aromatic N) is 3. The van der Waals surface area contributed by atoms with Gasteiger partial charge in [0, 0.05) is 25.3 Å². The van der Waals surface area contributed by atoms with Crippen molar-refractivity contribution in [1.82, 2.24) is 4.31 Å². The Balaban J connectivity index is 1.55. The van der Waals surface area contributed by atoms with Gasteiger partial charge in [-0.3, -0.25) is 4.79 Å². The summed E-state index contributed by atoms with van der Waals surface area (Å²) >= 11 is 0. The van der Waals surface area contributed by atoms with Gasteiger partial charge >= 0.3 is 0 Å². The first-order valence-corrected chi connectivity index (χ1v) is 12.4. The number of hydrogen-bond acceptors (Lipinski definition) is 4. The summed E-state index contributed by atoms with van der Waals surface area (Å²) < 4.78 is 27.9. The zero-order valence-electron chi connectivity index (χ0n) is 18.8. The van der Waals surface area contributed by atoms with Gasteiger partial charge in [0.2, 0.25) is 15.9 Å². The normalized spacial score (nSPS) is 22.3. The Morgan fingerprint density at radius 2 is 1.62 bits per heavy atom. The molecule has 168 valence electrons. The lowest BCUT2D eigenvalue weighted by molar-refractivity contribution is -0.127. The molecular formula is C25H29N3O3S. The van der Waals surface area contributed by atoms with E-state index in [1.54, 1.807) is 0 Å². The van der Waals surface area contributed by atoms with Gasteiger partial charge in [-0.05, 0) is 66.6 Å². The molecule has 1 amide bonds. The van der Waals surface area contributed by atoms with E-state index in [-0.39, 0.29) is 22.8 Å². The molecule has 4 rings (SSSR count). The summed E-state index contributed by atoms with van der Waals surface area (Å²) in [5.74, 6) is 0.0146. The van der Waals surface area contributed by atoms with Crippen LogP contribution in [0.5, 0.6) is 0 Å². The Hall–Kier alpha value is -2.69. The highest BCUT2D eigenvalue weighted by Crippen LogP contribution is 2.43. The number of carbonyl (C=O) groups excluding carboxylic acids is 1. The molecule has 32 heavy (non-hydrogen) atoms. The maximum atomic E-state index is 13.5. The van der Waals surface area contributed by atoms with Crippen molar-refractivity contribution in [2.24, 2.45) is 5.41 Å². The lowest BCUT2D eigenvalue weighted by Gasteiger charge is -2.38. The molecule has 2 aliphatic heterocycles. The Morgan fingerprint density at radius 3 is 2.22 bits per heavy atom. The number of hydrogen-bond donors (Lipinski definition) is 0. The van der Waals surface area contributed by atoms with Crippen LogP contribution >= 0.6 is 0 Å². The van der Waals surface area contributed by atoms with Gasteiger partial charge in [0.15, 0.2) is 0 Å². The van der Waals surface area contributed by atoms with Gasteiger partial charge in [0.25, 0.3) is 0 Å². The van der Waals surface area contributed by atoms with Crippen molar-refractivity contribution in [3.8, 4) is 6.07 Å². The molecule has 0 N–H and O–H groups in total. The number of sulfonamides is 1. The van der Waals surface area contributed by atoms with Crippen LogP contribution in [0.4, 0.5) is 5.69 Å². The van der Waals surface area contributed by atoms with Crippen LogP contribution in [-0.2, 0) is 20.2 Å². The SMILES string of the molecule is CC(C)(C)c1ccc(N2CCC3(CCCN(S(=O)(=O)c4ccc(C#N)cc4)C3)C2=O)cc1. The first kappa shape index (κ1) is 22.5. The molecule has 1 unspecified atom stereocenters. The smallest absolute Gasteiger partial charge is 0.243 e. The van der Waals surface area contributed by atoms with Crippen molar-refractivity contribution < 1.29 is 13.2 Å². The fourth-order valence-corrected chi connectivity index (χ4v) is 6.30. The molecule has 6 nitrogen and oxygen atoms in total. The van der Waals surface area contributed by atoms with E-state index in [9.17, 15) is 13.2 Å². The quantitative estimate of drug-likeness (QED) is 0.705. The lowest BCUT2D eigenvalue weighted by atomic mass is 9.79. The van der Waals surface area contributed by atoms with Crippen molar-refractivity contribution in [3.63, 3.8) is 0 Å². The van der Waals surface area contributed by atoms with Gasteiger partial charge in [-0.25, -0.2) is 8.42 Å². The highest BCUT2D eigenvalue weighted by molar-refractivity contribution is 7.89. The van der Waals surface area contributed by atoms with Gasteiger partial charge in [-0.2, -0.15) is 9.57 Å². The fourth-order valence-electron chi connectivity index (χ4n) is 4.73. The van der Waals surface area contributed by atoms with Crippen LogP contribution in [0, 0.1) is 16.7 Å². The Morgan fingerprint density at radius 1 is 0.969 bits per heavy atom. The van der Waals surface area contributed by atoms with E-state index in [4.69, 9.17) is 5.26 Å². The summed E-state index contributed by atoms with van der Waals surface area (Å²) in [5.41, 5.74) is 1.85. The number of carbonyl (C=O) groups is 1. The van der Waals surface area contributed by atoms with Gasteiger partial charge in [0.1, 0.15) is 0 Å². The van der Waals surface area contributed by atoms with Crippen LogP contribution in [0.1, 0.15) is 51.2 Å². The lowest BCUT2D eigenvalue weighted by Crippen LogP contribution is -2.49. The third-order valence-electron chi connectivity index (χ3n) is 6.72. The predicted molar refractivity (Wildman–Crippen MR) is 124 cm³/mol. The summed E-state index contributed by atoms with van der Waals surface area (Å²) in [5, 5.41) is 8.97. The number of amides is 1. The van der Waals surface area contributed by atoms with Crippen LogP contribution in [0.25, 0.3) is 0 Å². The van der Waals surface area contributed by atoms with Crippen molar-refractivity contribution >= 4 is 21.6 Å². The van der Waals surface area contributed by atoms with Gasteiger partial charge in [-0.1, -0.05) is 32.9 Å². The number of benzene rings is 2. The number of rotatable bonds is 3. The van der Waals surface area contributed by atoms with E-state index >= 15 is 0 Å². The average molecular weight is 452 g/mol. The molecule has 2 aromatic rings. The van der Waals surface area contributed by atoms with Crippen molar-refractivity contribution in [3.05, 3.63) is 59.7 Å². The largest absolute Gasteiger partial charge is 0.312 e. The van der Waals surface area contributed by atoms with Crippen molar-refractivity contribution in [2.75, 3.05) is 24.5 Å². The Labute approximate surface area is 190 Å². The molecule has 2 aliphatic rings. The van der Waals surface area contributed by atoms with Crippen molar-refractivity contribution in [2.45, 2.75) is 50.3 Å². The van der Waals surface area contributed by atoms with E-state index in [0.717, 1.165) is 5.69 Å². The summed E-state index contributed by atoms with van der Waals surface area (Å²) in [6, 6.07) is 16.1. The van der Waals surface area contributed by atoms with E-state index in [0.29, 0.717) is 37.9 Å². The Kier molecular flexibility index (Phi) is 5.64. The molecule has 0 saturated carbocycles. The fraction of sp³-hybridized carbons (Fsp3) is 0.440. The molecule has 2 fully saturated rings. The maximum Gasteiger partial charge on any atom is 0.243 e. The minimum absolute atomic E-state index is 0.0146. The second-order valence-electron chi connectivity index (χ2n) is 9.86. The minimum Gasteiger partial charge on any atom is -0.312 e. The second kappa shape index (κ2) is 8.02. The van der Waals surface area contributed by atoms with Crippen LogP contribution in [0.3, 0.4) is 0 Å². The first-order valence-electron chi connectivity index (χ1n) is 11.0. The second-order valence-corrected chi connectivity index (χ2v) is 11.8. The maximum absolute atomic E-state index is 13.5. The summed E-state index contributed by atoms with van der Waals surface area (Å²) in [7, 11) is -3.72. The third kappa shape index (κ3) is 3.94. The molecule has 2 aromatic carbocycles. The van der Waals surface area contributed by atoms with Crippen LogP contribution < -0.4 is 4.90 Å². The molecule has 7 heteroatoms. The third-order valence-corrected chi connectivity index (χ3v) is 8.58. The highest BCUT2D eigenvalue weighted by atomic mass is 32.2. The van der Waals surface area contributed by atoms with Gasteiger partial charge in [-0.15, -0.1) is 0 Å². The number of anilines is 1. The van der Waals surface area contributed by atoms with Gasteiger partial charge < -0.3 is 4.90 Å². The summed E-state index contributed by atoms with van der Waals surface area (Å²) in [4.78, 5) is 15.5. The first-order chi connectivity index (χ1) is 15.1. The van der Waals surface area contributed by atoms with E-state index in [1.165, 1.54) is 34.1 Å². The monoisotopic (exact) mass is 451 g/mol. The summed E-state index contributed by atoms with van der Waals surface area (Å²) in [6.45, 7) is 7.66. The van der Waals surface area contributed by atoms with Crippen LogP contribution in [0.2, 0.25) is 0 Å². The standard InChI is InChI=1S/C25H29N3O3S/c1-24(2,3)20-7-9-21(10-8-20)28-16-14-25(23(28)29)13-4-15-27(18-25)32(30,31)22-11-5-19(17-26)6-12-22/h5-12H,4,13-16,18H2,1-3H3. The van der Waals surface area contributed by atoms with Crippen molar-refractivity contribution in [1.29, 1.82) is 5.26 Å². The summed E-state index contributed by atoms with van der Waals surface area (Å²) in [6.07, 6.45) is 1.99. The van der Waals surface area contributed by atoms with Crippen LogP contribution in [-0.4, -0.2) is 38.3 Å². The molecule has 0 aliphatic carbocycles. The molecule has 0 radical (unpaired) electrons. The molecule has 2 heterocycles. The van der Waals surface area contributed by atoms with Gasteiger partial charge in [0.05, 0.1) is 21.9 Å². The Bertz CT molecular complexity index is 1160. The minimum atomic E-state index is -3.72. The highest BCUT2D eigenvalue weighted by Gasteiger charge is 2.51. The predicted octanol–water partition coefficient (Wildman–Crippen LogP) is 4.06. The molecule has 1 spiro atoms. The molecule has 0 aromatic heterocycles. The zero-order valence-corrected chi connectivity index (χ0v) is 19.7. The molecule has 2 saturated heterocycles. The number of nitriles is 1. The van der Waals surface area contributed by atoms with Crippen LogP contribution in [0.15, 0.2) is 53.4 Å². The average Bonchev–Trinajstić information content (AvgIpc) is 3.08. The van der Waals surface area contributed by atoms with E-state index in [1.807, 2.05) is 23.1 Å². The topological polar surface area (TPSA) is 81.5 Å².